The number of hydrogen-bond donors (Lipinski definition) is 2. The zero-order valence-electron chi connectivity index (χ0n) is 9.46. The van der Waals surface area contributed by atoms with Gasteiger partial charge in [0.1, 0.15) is 0 Å². The molecule has 1 fully saturated rings. The normalized spacial score (nSPS) is 17.1. The second-order valence-electron chi connectivity index (χ2n) is 3.53. The number of nitrogens with zero attached hydrogens (tertiary/aromatic N) is 2. The summed E-state index contributed by atoms with van der Waals surface area (Å²) in [6.07, 6.45) is 1.48. The van der Waals surface area contributed by atoms with E-state index in [0.29, 0.717) is 21.0 Å². The van der Waals surface area contributed by atoms with Gasteiger partial charge in [0.2, 0.25) is 5.91 Å². The first-order valence-corrected chi connectivity index (χ1v) is 6.90. The highest BCUT2D eigenvalue weighted by Gasteiger charge is 2.15. The van der Waals surface area contributed by atoms with Crippen molar-refractivity contribution in [1.29, 1.82) is 0 Å². The van der Waals surface area contributed by atoms with E-state index in [1.54, 1.807) is 12.1 Å². The Hall–Kier alpha value is -1.67. The molecule has 98 valence electrons. The molecule has 1 aliphatic heterocycles. The Morgan fingerprint density at radius 2 is 2.32 bits per heavy atom. The molecule has 8 heteroatoms. The zero-order chi connectivity index (χ0) is 13.8. The molecule has 1 aliphatic rings. The average molecular weight is 342 g/mol. The molecule has 0 aromatic heterocycles. The van der Waals surface area contributed by atoms with Crippen LogP contribution in [0.3, 0.4) is 0 Å². The number of rotatable bonds is 3. The van der Waals surface area contributed by atoms with E-state index < -0.39 is 5.97 Å². The number of amidine groups is 1. The maximum absolute atomic E-state index is 10.9. The predicted octanol–water partition coefficient (Wildman–Crippen LogP) is 1.70. The lowest BCUT2D eigenvalue weighted by Crippen LogP contribution is -2.19. The van der Waals surface area contributed by atoms with Crippen LogP contribution in [-0.2, 0) is 4.79 Å². The number of carboxylic acids is 1. The Balaban J connectivity index is 2.09. The molecule has 1 aromatic rings. The third-order valence-electron chi connectivity index (χ3n) is 2.17. The molecule has 2 rings (SSSR count). The largest absolute Gasteiger partial charge is 0.478 e. The summed E-state index contributed by atoms with van der Waals surface area (Å²) in [5, 5.41) is 19.6. The van der Waals surface area contributed by atoms with Crippen LogP contribution in [0.4, 0.5) is 0 Å². The van der Waals surface area contributed by atoms with E-state index in [2.05, 4.69) is 31.4 Å². The maximum atomic E-state index is 10.9. The number of halogens is 1. The molecule has 0 radical (unpaired) electrons. The molecule has 0 unspecified atom stereocenters. The third kappa shape index (κ3) is 3.65. The average Bonchev–Trinajstić information content (AvgIpc) is 2.75. The number of aromatic carboxylic acids is 1. The van der Waals surface area contributed by atoms with Crippen LogP contribution in [0.2, 0.25) is 0 Å². The Morgan fingerprint density at radius 3 is 2.89 bits per heavy atom. The topological polar surface area (TPSA) is 91.1 Å². The number of hydrogen-bond acceptors (Lipinski definition) is 5. The molecule has 1 saturated heterocycles. The van der Waals surface area contributed by atoms with Gasteiger partial charge in [-0.2, -0.15) is 5.10 Å². The third-order valence-corrected chi connectivity index (χ3v) is 3.69. The summed E-state index contributed by atoms with van der Waals surface area (Å²) in [5.74, 6) is -0.735. The van der Waals surface area contributed by atoms with Gasteiger partial charge >= 0.3 is 5.97 Å². The summed E-state index contributed by atoms with van der Waals surface area (Å²) in [4.78, 5) is 21.7. The first-order chi connectivity index (χ1) is 9.06. The van der Waals surface area contributed by atoms with Crippen molar-refractivity contribution in [3.63, 3.8) is 0 Å². The van der Waals surface area contributed by atoms with Crippen molar-refractivity contribution in [2.45, 2.75) is 0 Å². The van der Waals surface area contributed by atoms with E-state index >= 15 is 0 Å². The quantitative estimate of drug-likeness (QED) is 0.646. The molecular formula is C11H8BrN3O3S. The van der Waals surface area contributed by atoms with Crippen molar-refractivity contribution in [1.82, 2.24) is 5.32 Å². The smallest absolute Gasteiger partial charge is 0.336 e. The second kappa shape index (κ2) is 5.98. The SMILES string of the molecule is O=C1CSC(=NN=Cc2ccc(C(=O)O)c(Br)c2)N1. The van der Waals surface area contributed by atoms with Gasteiger partial charge in [-0.25, -0.2) is 4.79 Å². The lowest BCUT2D eigenvalue weighted by molar-refractivity contribution is -0.116. The van der Waals surface area contributed by atoms with Gasteiger partial charge in [0, 0.05) is 4.47 Å². The summed E-state index contributed by atoms with van der Waals surface area (Å²) in [6, 6.07) is 4.73. The maximum Gasteiger partial charge on any atom is 0.336 e. The van der Waals surface area contributed by atoms with Gasteiger partial charge in [-0.1, -0.05) is 17.8 Å². The van der Waals surface area contributed by atoms with Crippen LogP contribution in [0.5, 0.6) is 0 Å². The fraction of sp³-hybridized carbons (Fsp3) is 0.0909. The van der Waals surface area contributed by atoms with Gasteiger partial charge in [0.15, 0.2) is 5.17 Å². The standard InChI is InChI=1S/C11H8BrN3O3S/c12-8-3-6(1-2-7(8)10(17)18)4-13-15-11-14-9(16)5-19-11/h1-4H,5H2,(H,17,18)(H,14,15,16). The molecule has 6 nitrogen and oxygen atoms in total. The molecule has 1 aromatic carbocycles. The fourth-order valence-electron chi connectivity index (χ4n) is 1.31. The number of nitrogens with one attached hydrogen (secondary N) is 1. The van der Waals surface area contributed by atoms with E-state index in [9.17, 15) is 9.59 Å². The van der Waals surface area contributed by atoms with E-state index in [4.69, 9.17) is 5.11 Å². The summed E-state index contributed by atoms with van der Waals surface area (Å²) >= 11 is 4.46. The first-order valence-electron chi connectivity index (χ1n) is 5.13. The molecule has 0 atom stereocenters. The molecule has 0 aliphatic carbocycles. The minimum Gasteiger partial charge on any atom is -0.478 e. The van der Waals surface area contributed by atoms with Crippen molar-refractivity contribution in [2.24, 2.45) is 10.2 Å². The van der Waals surface area contributed by atoms with Gasteiger partial charge in [-0.15, -0.1) is 5.10 Å². The van der Waals surface area contributed by atoms with Crippen LogP contribution < -0.4 is 5.32 Å². The van der Waals surface area contributed by atoms with Crippen molar-refractivity contribution < 1.29 is 14.7 Å². The Morgan fingerprint density at radius 1 is 1.53 bits per heavy atom. The van der Waals surface area contributed by atoms with Gasteiger partial charge in [-0.05, 0) is 33.6 Å². The van der Waals surface area contributed by atoms with E-state index in [0.717, 1.165) is 0 Å². The lowest BCUT2D eigenvalue weighted by Gasteiger charge is -1.99. The van der Waals surface area contributed by atoms with Crippen LogP contribution in [0.25, 0.3) is 0 Å². The van der Waals surface area contributed by atoms with Gasteiger partial charge in [0.25, 0.3) is 0 Å². The molecular weight excluding hydrogens is 334 g/mol. The minimum absolute atomic E-state index is 0.0903. The minimum atomic E-state index is -0.999. The summed E-state index contributed by atoms with van der Waals surface area (Å²) in [7, 11) is 0. The van der Waals surface area contributed by atoms with Crippen LogP contribution in [0.1, 0.15) is 15.9 Å². The predicted molar refractivity (Wildman–Crippen MR) is 76.7 cm³/mol. The molecule has 0 saturated carbocycles. The zero-order valence-corrected chi connectivity index (χ0v) is 11.9. The highest BCUT2D eigenvalue weighted by atomic mass is 79.9. The Bertz CT molecular complexity index is 601. The Labute approximate surface area is 121 Å². The van der Waals surface area contributed by atoms with Crippen molar-refractivity contribution in [3.8, 4) is 0 Å². The lowest BCUT2D eigenvalue weighted by atomic mass is 10.1. The number of thioether (sulfide) groups is 1. The van der Waals surface area contributed by atoms with Crippen molar-refractivity contribution in [2.75, 3.05) is 5.75 Å². The fourth-order valence-corrected chi connectivity index (χ4v) is 2.51. The highest BCUT2D eigenvalue weighted by molar-refractivity contribution is 9.10. The summed E-state index contributed by atoms with van der Waals surface area (Å²) in [5.41, 5.74) is 0.887. The molecule has 0 bridgehead atoms. The first kappa shape index (κ1) is 13.8. The van der Waals surface area contributed by atoms with Gasteiger partial charge in [-0.3, -0.25) is 4.79 Å². The van der Waals surface area contributed by atoms with Crippen LogP contribution >= 0.6 is 27.7 Å². The molecule has 1 heterocycles. The van der Waals surface area contributed by atoms with E-state index in [1.165, 1.54) is 24.0 Å². The second-order valence-corrected chi connectivity index (χ2v) is 5.35. The Kier molecular flexibility index (Phi) is 4.33. The molecule has 2 N–H and O–H groups in total. The number of amides is 1. The number of carbonyl (C=O) groups is 2. The highest BCUT2D eigenvalue weighted by Crippen LogP contribution is 2.18. The van der Waals surface area contributed by atoms with Gasteiger partial charge in [0.05, 0.1) is 17.5 Å². The number of benzene rings is 1. The monoisotopic (exact) mass is 341 g/mol. The van der Waals surface area contributed by atoms with E-state index in [1.807, 2.05) is 0 Å². The summed E-state index contributed by atoms with van der Waals surface area (Å²) in [6.45, 7) is 0. The number of carboxylic acid groups (broad SMARTS) is 1. The van der Waals surface area contributed by atoms with E-state index in [-0.39, 0.29) is 11.5 Å². The molecule has 0 spiro atoms. The number of carbonyl (C=O) groups excluding carboxylic acids is 1. The summed E-state index contributed by atoms with van der Waals surface area (Å²) < 4.78 is 0.472. The van der Waals surface area contributed by atoms with Crippen molar-refractivity contribution in [3.05, 3.63) is 33.8 Å². The van der Waals surface area contributed by atoms with Crippen LogP contribution in [0, 0.1) is 0 Å². The molecule has 19 heavy (non-hydrogen) atoms. The molecule has 1 amide bonds. The van der Waals surface area contributed by atoms with Crippen molar-refractivity contribution >= 4 is 51.0 Å². The van der Waals surface area contributed by atoms with Gasteiger partial charge < -0.3 is 10.4 Å². The van der Waals surface area contributed by atoms with Crippen LogP contribution in [-0.4, -0.2) is 34.1 Å². The van der Waals surface area contributed by atoms with Crippen LogP contribution in [0.15, 0.2) is 32.9 Å².